The second kappa shape index (κ2) is 8.09. The van der Waals surface area contributed by atoms with Crippen molar-refractivity contribution in [1.29, 1.82) is 0 Å². The molecule has 2 aromatic carbocycles. The van der Waals surface area contributed by atoms with Gasteiger partial charge in [-0.3, -0.25) is 0 Å². The molecule has 0 aromatic heterocycles. The smallest absolute Gasteiger partial charge is 0.340 e. The maximum absolute atomic E-state index is 13.3. The van der Waals surface area contributed by atoms with Crippen LogP contribution in [0, 0.1) is 0 Å². The third-order valence-corrected chi connectivity index (χ3v) is 5.23. The van der Waals surface area contributed by atoms with Gasteiger partial charge in [0.1, 0.15) is 12.2 Å². The molecule has 6 heteroatoms. The van der Waals surface area contributed by atoms with E-state index >= 15 is 0 Å². The highest BCUT2D eigenvalue weighted by molar-refractivity contribution is 6.07. The van der Waals surface area contributed by atoms with E-state index in [9.17, 15) is 9.59 Å². The van der Waals surface area contributed by atoms with Crippen LogP contribution < -0.4 is 0 Å². The summed E-state index contributed by atoms with van der Waals surface area (Å²) in [4.78, 5) is 32.3. The Hall–Kier alpha value is -3.12. The molecule has 0 spiro atoms. The molecule has 0 radical (unpaired) electrons. The summed E-state index contributed by atoms with van der Waals surface area (Å²) in [6.07, 6.45) is 1.15. The van der Waals surface area contributed by atoms with Gasteiger partial charge in [-0.05, 0) is 25.3 Å². The third-order valence-electron chi connectivity index (χ3n) is 5.23. The molecule has 29 heavy (non-hydrogen) atoms. The van der Waals surface area contributed by atoms with Gasteiger partial charge in [0.2, 0.25) is 0 Å². The molecule has 2 heterocycles. The number of fused-ring (bicyclic) bond motifs is 1. The van der Waals surface area contributed by atoms with E-state index in [-0.39, 0.29) is 18.8 Å². The second-order valence-corrected chi connectivity index (χ2v) is 7.01. The van der Waals surface area contributed by atoms with Crippen LogP contribution in [-0.2, 0) is 30.5 Å². The van der Waals surface area contributed by atoms with Crippen molar-refractivity contribution < 1.29 is 23.9 Å². The van der Waals surface area contributed by atoms with Gasteiger partial charge in [-0.1, -0.05) is 60.7 Å². The van der Waals surface area contributed by atoms with Gasteiger partial charge in [-0.2, -0.15) is 0 Å². The molecule has 2 aliphatic heterocycles. The lowest BCUT2D eigenvalue weighted by Crippen LogP contribution is -2.50. The van der Waals surface area contributed by atoms with Crippen molar-refractivity contribution in [2.24, 2.45) is 0 Å². The first kappa shape index (κ1) is 19.2. The molecule has 0 saturated carbocycles. The average molecular weight is 393 g/mol. The van der Waals surface area contributed by atoms with Gasteiger partial charge in [-0.25, -0.2) is 9.59 Å². The van der Waals surface area contributed by atoms with Crippen LogP contribution in [-0.4, -0.2) is 35.7 Å². The van der Waals surface area contributed by atoms with Gasteiger partial charge in [0.05, 0.1) is 6.61 Å². The molecule has 0 bridgehead atoms. The quantitative estimate of drug-likeness (QED) is 0.700. The Kier molecular flexibility index (Phi) is 5.36. The molecule has 1 fully saturated rings. The number of esters is 2. The summed E-state index contributed by atoms with van der Waals surface area (Å²) in [5.74, 6) is -0.680. The van der Waals surface area contributed by atoms with E-state index in [2.05, 4.69) is 0 Å². The Balaban J connectivity index is 1.72. The first-order valence-electron chi connectivity index (χ1n) is 9.81. The minimum absolute atomic E-state index is 0.131. The number of nitrogens with zero attached hydrogens (tertiary/aromatic N) is 1. The molecule has 1 saturated heterocycles. The minimum atomic E-state index is -1.29. The number of carbonyl (C=O) groups is 2. The van der Waals surface area contributed by atoms with Crippen LogP contribution in [0.2, 0.25) is 0 Å². The SMILES string of the molecule is CCOC(=O)C1=C(c2ccccc2)ON2CCCC12C(=O)OCc1ccccc1. The predicted molar refractivity (Wildman–Crippen MR) is 106 cm³/mol. The van der Waals surface area contributed by atoms with Crippen LogP contribution in [0.4, 0.5) is 0 Å². The summed E-state index contributed by atoms with van der Waals surface area (Å²) >= 11 is 0. The fourth-order valence-electron chi connectivity index (χ4n) is 3.91. The summed E-state index contributed by atoms with van der Waals surface area (Å²) in [5, 5.41) is 1.58. The highest BCUT2D eigenvalue weighted by atomic mass is 16.7. The lowest BCUT2D eigenvalue weighted by molar-refractivity contribution is -0.176. The normalized spacial score (nSPS) is 20.9. The average Bonchev–Trinajstić information content (AvgIpc) is 3.31. The fourth-order valence-corrected chi connectivity index (χ4v) is 3.91. The number of hydrogen-bond donors (Lipinski definition) is 0. The van der Waals surface area contributed by atoms with Gasteiger partial charge in [-0.15, -0.1) is 5.06 Å². The zero-order chi connectivity index (χ0) is 20.3. The molecule has 4 rings (SSSR count). The molecule has 2 aromatic rings. The lowest BCUT2D eigenvalue weighted by Gasteiger charge is -2.28. The maximum atomic E-state index is 13.3. The monoisotopic (exact) mass is 393 g/mol. The Morgan fingerprint density at radius 3 is 2.41 bits per heavy atom. The van der Waals surface area contributed by atoms with Crippen molar-refractivity contribution in [3.8, 4) is 0 Å². The van der Waals surface area contributed by atoms with Gasteiger partial charge < -0.3 is 14.3 Å². The van der Waals surface area contributed by atoms with Gasteiger partial charge in [0.25, 0.3) is 0 Å². The van der Waals surface area contributed by atoms with Crippen molar-refractivity contribution in [3.05, 3.63) is 77.4 Å². The molecular weight excluding hydrogens is 370 g/mol. The van der Waals surface area contributed by atoms with Crippen molar-refractivity contribution >= 4 is 17.7 Å². The molecule has 150 valence electrons. The predicted octanol–water partition coefficient (Wildman–Crippen LogP) is 3.48. The summed E-state index contributed by atoms with van der Waals surface area (Å²) in [7, 11) is 0. The largest absolute Gasteiger partial charge is 0.462 e. The highest BCUT2D eigenvalue weighted by Crippen LogP contribution is 2.48. The molecule has 1 unspecified atom stereocenters. The Bertz CT molecular complexity index is 925. The van der Waals surface area contributed by atoms with Crippen molar-refractivity contribution in [2.45, 2.75) is 31.9 Å². The van der Waals surface area contributed by atoms with E-state index < -0.39 is 17.5 Å². The zero-order valence-corrected chi connectivity index (χ0v) is 16.3. The van der Waals surface area contributed by atoms with Gasteiger partial charge >= 0.3 is 11.9 Å². The standard InChI is InChI=1S/C23H23NO5/c1-2-27-21(25)19-20(18-12-7-4-8-13-18)29-24-15-9-14-23(19,24)22(26)28-16-17-10-5-3-6-11-17/h3-8,10-13H,2,9,14-16H2,1H3. The zero-order valence-electron chi connectivity index (χ0n) is 16.3. The summed E-state index contributed by atoms with van der Waals surface area (Å²) < 4.78 is 11.0. The summed E-state index contributed by atoms with van der Waals surface area (Å²) in [6, 6.07) is 18.8. The van der Waals surface area contributed by atoms with E-state index in [0.717, 1.165) is 11.1 Å². The number of carbonyl (C=O) groups excluding carboxylic acids is 2. The Morgan fingerprint density at radius 2 is 1.72 bits per heavy atom. The van der Waals surface area contributed by atoms with E-state index in [0.29, 0.717) is 25.1 Å². The number of rotatable bonds is 6. The molecule has 0 N–H and O–H groups in total. The van der Waals surface area contributed by atoms with E-state index in [1.165, 1.54) is 0 Å². The van der Waals surface area contributed by atoms with Crippen LogP contribution >= 0.6 is 0 Å². The first-order valence-corrected chi connectivity index (χ1v) is 9.81. The molecule has 0 aliphatic carbocycles. The molecular formula is C23H23NO5. The van der Waals surface area contributed by atoms with Crippen molar-refractivity contribution in [2.75, 3.05) is 13.2 Å². The van der Waals surface area contributed by atoms with Gasteiger partial charge in [0.15, 0.2) is 11.3 Å². The number of hydrogen-bond acceptors (Lipinski definition) is 6. The Morgan fingerprint density at radius 1 is 1.03 bits per heavy atom. The topological polar surface area (TPSA) is 65.1 Å². The Labute approximate surface area is 169 Å². The summed E-state index contributed by atoms with van der Waals surface area (Å²) in [6.45, 7) is 2.61. The van der Waals surface area contributed by atoms with Crippen LogP contribution in [0.5, 0.6) is 0 Å². The molecule has 1 atom stereocenters. The number of benzene rings is 2. The molecule has 6 nitrogen and oxygen atoms in total. The van der Waals surface area contributed by atoms with E-state index in [4.69, 9.17) is 14.3 Å². The number of ether oxygens (including phenoxy) is 2. The first-order chi connectivity index (χ1) is 14.2. The molecule has 0 amide bonds. The van der Waals surface area contributed by atoms with Crippen molar-refractivity contribution in [1.82, 2.24) is 5.06 Å². The van der Waals surface area contributed by atoms with Crippen LogP contribution in [0.3, 0.4) is 0 Å². The second-order valence-electron chi connectivity index (χ2n) is 7.01. The van der Waals surface area contributed by atoms with Crippen LogP contribution in [0.1, 0.15) is 30.9 Å². The van der Waals surface area contributed by atoms with Gasteiger partial charge in [0, 0.05) is 12.1 Å². The van der Waals surface area contributed by atoms with Crippen molar-refractivity contribution in [3.63, 3.8) is 0 Å². The maximum Gasteiger partial charge on any atom is 0.340 e. The third kappa shape index (κ3) is 3.40. The fraction of sp³-hybridized carbons (Fsp3) is 0.304. The van der Waals surface area contributed by atoms with E-state index in [1.807, 2.05) is 60.7 Å². The highest BCUT2D eigenvalue weighted by Gasteiger charge is 2.62. The lowest BCUT2D eigenvalue weighted by atomic mass is 9.86. The van der Waals surface area contributed by atoms with E-state index in [1.54, 1.807) is 12.0 Å². The molecule has 2 aliphatic rings. The number of hydroxylamine groups is 2. The summed E-state index contributed by atoms with van der Waals surface area (Å²) in [5.41, 5.74) is 0.540. The van der Waals surface area contributed by atoms with Crippen LogP contribution in [0.15, 0.2) is 66.2 Å². The minimum Gasteiger partial charge on any atom is -0.462 e. The van der Waals surface area contributed by atoms with Crippen LogP contribution in [0.25, 0.3) is 5.76 Å².